The van der Waals surface area contributed by atoms with Crippen molar-refractivity contribution < 1.29 is 31.9 Å². The molecule has 1 aliphatic carbocycles. The Kier molecular flexibility index (Phi) is 7.15. The summed E-state index contributed by atoms with van der Waals surface area (Å²) in [6.07, 6.45) is -1.67. The Balaban J connectivity index is 1.46. The molecule has 1 fully saturated rings. The first-order valence-electron chi connectivity index (χ1n) is 9.99. The fraction of sp³-hybridized carbons (Fsp3) is 0.409. The highest BCUT2D eigenvalue weighted by molar-refractivity contribution is 5.94. The summed E-state index contributed by atoms with van der Waals surface area (Å²) < 4.78 is 65.7. The number of hydrogen-bond acceptors (Lipinski definition) is 3. The van der Waals surface area contributed by atoms with Crippen LogP contribution in [0.15, 0.2) is 36.4 Å². The minimum absolute atomic E-state index is 0.102. The predicted octanol–water partition coefficient (Wildman–Crippen LogP) is 4.77. The SMILES string of the molecule is O=C(NC[C@H]1CC[C@@H](NCc2c(O)cccc2F)CC1)c1cc(F)cc(C(F)(F)F)c1. The van der Waals surface area contributed by atoms with Gasteiger partial charge in [-0.05, 0) is 61.9 Å². The van der Waals surface area contributed by atoms with Crippen molar-refractivity contribution in [2.24, 2.45) is 5.92 Å². The summed E-state index contributed by atoms with van der Waals surface area (Å²) in [4.78, 5) is 12.2. The number of phenolic OH excluding ortho intramolecular Hbond substituents is 1. The van der Waals surface area contributed by atoms with Crippen LogP contribution < -0.4 is 10.6 Å². The zero-order chi connectivity index (χ0) is 22.6. The van der Waals surface area contributed by atoms with Gasteiger partial charge in [-0.15, -0.1) is 0 Å². The molecule has 0 unspecified atom stereocenters. The first-order chi connectivity index (χ1) is 14.6. The monoisotopic (exact) mass is 442 g/mol. The molecule has 0 spiro atoms. The molecule has 0 atom stereocenters. The van der Waals surface area contributed by atoms with E-state index in [1.807, 2.05) is 0 Å². The number of nitrogens with one attached hydrogen (secondary N) is 2. The lowest BCUT2D eigenvalue weighted by Crippen LogP contribution is -2.37. The van der Waals surface area contributed by atoms with E-state index in [1.54, 1.807) is 0 Å². The van der Waals surface area contributed by atoms with Gasteiger partial charge >= 0.3 is 6.18 Å². The normalized spacial score (nSPS) is 19.3. The molecule has 4 nitrogen and oxygen atoms in total. The molecule has 3 N–H and O–H groups in total. The van der Waals surface area contributed by atoms with E-state index < -0.39 is 29.3 Å². The van der Waals surface area contributed by atoms with E-state index in [9.17, 15) is 31.9 Å². The molecule has 3 rings (SSSR count). The lowest BCUT2D eigenvalue weighted by molar-refractivity contribution is -0.137. The van der Waals surface area contributed by atoms with E-state index in [1.165, 1.54) is 18.2 Å². The molecular formula is C22H23F5N2O2. The Morgan fingerprint density at radius 2 is 1.77 bits per heavy atom. The molecule has 0 radical (unpaired) electrons. The second-order valence-electron chi connectivity index (χ2n) is 7.77. The first-order valence-corrected chi connectivity index (χ1v) is 9.99. The molecule has 168 valence electrons. The Hall–Kier alpha value is -2.68. The van der Waals surface area contributed by atoms with Crippen LogP contribution in [0, 0.1) is 17.6 Å². The first kappa shape index (κ1) is 23.0. The number of amides is 1. The third-order valence-corrected chi connectivity index (χ3v) is 5.55. The lowest BCUT2D eigenvalue weighted by Gasteiger charge is -2.29. The largest absolute Gasteiger partial charge is 0.508 e. The number of phenols is 1. The molecule has 0 aromatic heterocycles. The molecule has 1 amide bonds. The van der Waals surface area contributed by atoms with Crippen molar-refractivity contribution in [2.45, 2.75) is 44.4 Å². The maximum absolute atomic E-state index is 13.8. The van der Waals surface area contributed by atoms with Gasteiger partial charge < -0.3 is 15.7 Å². The second-order valence-corrected chi connectivity index (χ2v) is 7.77. The van der Waals surface area contributed by atoms with E-state index in [2.05, 4.69) is 10.6 Å². The number of carbonyl (C=O) groups is 1. The van der Waals surface area contributed by atoms with E-state index in [-0.39, 0.29) is 41.9 Å². The molecule has 0 aliphatic heterocycles. The zero-order valence-electron chi connectivity index (χ0n) is 16.6. The third-order valence-electron chi connectivity index (χ3n) is 5.55. The third kappa shape index (κ3) is 6.16. The molecule has 31 heavy (non-hydrogen) atoms. The van der Waals surface area contributed by atoms with Gasteiger partial charge in [-0.3, -0.25) is 4.79 Å². The van der Waals surface area contributed by atoms with Crippen molar-refractivity contribution in [1.29, 1.82) is 0 Å². The number of alkyl halides is 3. The van der Waals surface area contributed by atoms with E-state index in [0.717, 1.165) is 31.7 Å². The number of rotatable bonds is 6. The van der Waals surface area contributed by atoms with Crippen LogP contribution in [0.3, 0.4) is 0 Å². The topological polar surface area (TPSA) is 61.4 Å². The maximum atomic E-state index is 13.8. The number of aromatic hydroxyl groups is 1. The van der Waals surface area contributed by atoms with E-state index in [0.29, 0.717) is 12.1 Å². The van der Waals surface area contributed by atoms with Gasteiger partial charge in [0.05, 0.1) is 5.56 Å². The highest BCUT2D eigenvalue weighted by Crippen LogP contribution is 2.30. The Labute approximate surface area is 176 Å². The van der Waals surface area contributed by atoms with Gasteiger partial charge in [0.1, 0.15) is 17.4 Å². The van der Waals surface area contributed by atoms with Gasteiger partial charge in [0, 0.05) is 30.3 Å². The number of carbonyl (C=O) groups excluding carboxylic acids is 1. The number of benzene rings is 2. The molecule has 0 saturated heterocycles. The Bertz CT molecular complexity index is 904. The predicted molar refractivity (Wildman–Crippen MR) is 104 cm³/mol. The molecule has 1 aliphatic rings. The van der Waals surface area contributed by atoms with Crippen molar-refractivity contribution >= 4 is 5.91 Å². The van der Waals surface area contributed by atoms with Crippen LogP contribution in [0.5, 0.6) is 5.75 Å². The summed E-state index contributed by atoms with van der Waals surface area (Å²) in [5.74, 6) is -2.31. The standard InChI is InChI=1S/C22H23F5N2O2/c23-16-9-14(8-15(10-16)22(25,26)27)21(31)29-11-13-4-6-17(7-5-13)28-12-18-19(24)2-1-3-20(18)30/h1-3,8-10,13,17,28,30H,4-7,11-12H2,(H,29,31)/t13-,17+. The summed E-state index contributed by atoms with van der Waals surface area (Å²) in [7, 11) is 0. The van der Waals surface area contributed by atoms with Crippen molar-refractivity contribution in [1.82, 2.24) is 10.6 Å². The van der Waals surface area contributed by atoms with E-state index >= 15 is 0 Å². The zero-order valence-corrected chi connectivity index (χ0v) is 16.6. The Morgan fingerprint density at radius 1 is 1.06 bits per heavy atom. The van der Waals surface area contributed by atoms with Crippen LogP contribution in [0.1, 0.15) is 47.2 Å². The molecule has 0 bridgehead atoms. The number of hydrogen-bond donors (Lipinski definition) is 3. The van der Waals surface area contributed by atoms with Gasteiger partial charge in [-0.25, -0.2) is 8.78 Å². The minimum atomic E-state index is -4.73. The van der Waals surface area contributed by atoms with Crippen LogP contribution in [0.4, 0.5) is 22.0 Å². The summed E-state index contributed by atoms with van der Waals surface area (Å²) in [5, 5.41) is 15.6. The van der Waals surface area contributed by atoms with Crippen LogP contribution in [0.25, 0.3) is 0 Å². The molecule has 1 saturated carbocycles. The van der Waals surface area contributed by atoms with Crippen LogP contribution in [-0.2, 0) is 12.7 Å². The van der Waals surface area contributed by atoms with Crippen LogP contribution in [0.2, 0.25) is 0 Å². The molecule has 2 aromatic rings. The highest BCUT2D eigenvalue weighted by atomic mass is 19.4. The average Bonchev–Trinajstić information content (AvgIpc) is 2.71. The maximum Gasteiger partial charge on any atom is 0.416 e. The lowest BCUT2D eigenvalue weighted by atomic mass is 9.86. The molecular weight excluding hydrogens is 419 g/mol. The van der Waals surface area contributed by atoms with E-state index in [4.69, 9.17) is 0 Å². The molecule has 0 heterocycles. The second kappa shape index (κ2) is 9.64. The summed E-state index contributed by atoms with van der Waals surface area (Å²) in [6.45, 7) is 0.475. The quantitative estimate of drug-likeness (QED) is 0.565. The van der Waals surface area contributed by atoms with Gasteiger partial charge in [-0.2, -0.15) is 13.2 Å². The Morgan fingerprint density at radius 3 is 2.42 bits per heavy atom. The van der Waals surface area contributed by atoms with Crippen molar-refractivity contribution in [3.05, 3.63) is 64.7 Å². The van der Waals surface area contributed by atoms with Gasteiger partial charge in [0.2, 0.25) is 0 Å². The summed E-state index contributed by atoms with van der Waals surface area (Å²) in [5.41, 5.74) is -1.36. The summed E-state index contributed by atoms with van der Waals surface area (Å²) >= 11 is 0. The van der Waals surface area contributed by atoms with Crippen molar-refractivity contribution in [3.8, 4) is 5.75 Å². The van der Waals surface area contributed by atoms with Gasteiger partial charge in [0.25, 0.3) is 5.91 Å². The minimum Gasteiger partial charge on any atom is -0.508 e. The molecule has 9 heteroatoms. The van der Waals surface area contributed by atoms with Gasteiger partial charge in [-0.1, -0.05) is 6.07 Å². The fourth-order valence-electron chi connectivity index (χ4n) is 3.76. The number of halogens is 5. The highest BCUT2D eigenvalue weighted by Gasteiger charge is 2.32. The van der Waals surface area contributed by atoms with Crippen LogP contribution >= 0.6 is 0 Å². The van der Waals surface area contributed by atoms with Crippen LogP contribution in [-0.4, -0.2) is 23.6 Å². The summed E-state index contributed by atoms with van der Waals surface area (Å²) in [6, 6.07) is 6.04. The van der Waals surface area contributed by atoms with Gasteiger partial charge in [0.15, 0.2) is 0 Å². The fourth-order valence-corrected chi connectivity index (χ4v) is 3.76. The van der Waals surface area contributed by atoms with Crippen molar-refractivity contribution in [2.75, 3.05) is 6.54 Å². The average molecular weight is 442 g/mol. The van der Waals surface area contributed by atoms with Crippen molar-refractivity contribution in [3.63, 3.8) is 0 Å². The smallest absolute Gasteiger partial charge is 0.416 e. The molecule has 2 aromatic carbocycles.